The van der Waals surface area contributed by atoms with E-state index >= 15 is 0 Å². The topological polar surface area (TPSA) is 100 Å². The van der Waals surface area contributed by atoms with Gasteiger partial charge in [-0.05, 0) is 22.3 Å². The molecule has 0 aliphatic carbocycles. The fourth-order valence-corrected chi connectivity index (χ4v) is 3.08. The monoisotopic (exact) mass is 466 g/mol. The smallest absolute Gasteiger partial charge is 0.253 e. The Kier molecular flexibility index (Phi) is 8.36. The molecule has 1 amide bonds. The zero-order valence-corrected chi connectivity index (χ0v) is 17.9. The van der Waals surface area contributed by atoms with Crippen LogP contribution in [0.4, 0.5) is 4.39 Å². The van der Waals surface area contributed by atoms with Crippen molar-refractivity contribution in [3.8, 4) is 11.1 Å². The van der Waals surface area contributed by atoms with Crippen LogP contribution in [-0.2, 0) is 17.9 Å². The molecule has 2 aromatic carbocycles. The van der Waals surface area contributed by atoms with E-state index in [4.69, 9.17) is 23.2 Å². The molecule has 3 aromatic rings. The first-order valence-electron chi connectivity index (χ1n) is 9.45. The highest BCUT2D eigenvalue weighted by Gasteiger charge is 2.25. The highest BCUT2D eigenvalue weighted by Crippen LogP contribution is 2.24. The second-order valence-corrected chi connectivity index (χ2v) is 7.88. The van der Waals surface area contributed by atoms with Crippen LogP contribution in [0.2, 0.25) is 0 Å². The minimum absolute atomic E-state index is 0.467. The molecule has 0 saturated carbocycles. The van der Waals surface area contributed by atoms with Gasteiger partial charge in [0.1, 0.15) is 12.8 Å². The molecule has 0 unspecified atom stereocenters. The number of carbonyl (C=O) groups is 1. The van der Waals surface area contributed by atoms with E-state index in [2.05, 4.69) is 25.3 Å². The molecule has 0 bridgehead atoms. The summed E-state index contributed by atoms with van der Waals surface area (Å²) in [7, 11) is 0. The summed E-state index contributed by atoms with van der Waals surface area (Å²) in [6.07, 6.45) is 0.0570. The van der Waals surface area contributed by atoms with Crippen LogP contribution < -0.4 is 10.6 Å². The van der Waals surface area contributed by atoms with Crippen molar-refractivity contribution < 1.29 is 18.8 Å². The van der Waals surface area contributed by atoms with Crippen LogP contribution in [0.25, 0.3) is 11.1 Å². The van der Waals surface area contributed by atoms with Gasteiger partial charge in [-0.2, -0.15) is 4.98 Å². The molecule has 3 rings (SSSR count). The van der Waals surface area contributed by atoms with Crippen molar-refractivity contribution in [2.75, 3.05) is 6.67 Å². The Morgan fingerprint density at radius 1 is 1.06 bits per heavy atom. The summed E-state index contributed by atoms with van der Waals surface area (Å²) < 4.78 is 18.0. The number of carbonyl (C=O) groups excluding carboxylic acids is 1. The average Bonchev–Trinajstić information content (AvgIpc) is 3.31. The Labute approximate surface area is 188 Å². The van der Waals surface area contributed by atoms with Crippen molar-refractivity contribution in [3.63, 3.8) is 0 Å². The summed E-state index contributed by atoms with van der Waals surface area (Å²) in [5.41, 5.74) is 3.49. The molecule has 0 spiro atoms. The lowest BCUT2D eigenvalue weighted by Crippen LogP contribution is -2.43. The lowest BCUT2D eigenvalue weighted by atomic mass is 9.98. The molecule has 3 N–H and O–H groups in total. The molecule has 164 valence electrons. The van der Waals surface area contributed by atoms with Crippen LogP contribution >= 0.6 is 23.2 Å². The Hall–Kier alpha value is -2.52. The molecule has 1 aromatic heterocycles. The lowest BCUT2D eigenvalue weighted by molar-refractivity contribution is -0.121. The van der Waals surface area contributed by atoms with Gasteiger partial charge in [0.15, 0.2) is 10.7 Å². The van der Waals surface area contributed by atoms with Crippen molar-refractivity contribution in [2.24, 2.45) is 0 Å². The van der Waals surface area contributed by atoms with Gasteiger partial charge in [-0.3, -0.25) is 4.79 Å². The van der Waals surface area contributed by atoms with Gasteiger partial charge in [-0.15, -0.1) is 0 Å². The number of alkyl halides is 3. The highest BCUT2D eigenvalue weighted by molar-refractivity contribution is 6.53. The van der Waals surface area contributed by atoms with Gasteiger partial charge in [0.2, 0.25) is 6.39 Å². The maximum Gasteiger partial charge on any atom is 0.253 e. The number of rotatable bonds is 10. The third kappa shape index (κ3) is 6.48. The number of nitrogens with one attached hydrogen (secondary N) is 2. The van der Waals surface area contributed by atoms with Crippen LogP contribution in [-0.4, -0.2) is 38.7 Å². The van der Waals surface area contributed by atoms with E-state index in [-0.39, 0.29) is 0 Å². The van der Waals surface area contributed by atoms with E-state index in [1.54, 1.807) is 12.1 Å². The number of aliphatic hydroxyl groups excluding tert-OH is 1. The molecule has 2 atom stereocenters. The number of benzene rings is 2. The van der Waals surface area contributed by atoms with E-state index in [1.165, 1.54) is 6.39 Å². The van der Waals surface area contributed by atoms with E-state index in [1.807, 2.05) is 36.4 Å². The van der Waals surface area contributed by atoms with Crippen molar-refractivity contribution >= 4 is 29.1 Å². The van der Waals surface area contributed by atoms with Crippen LogP contribution in [0.1, 0.15) is 23.1 Å². The predicted octanol–water partition coefficient (Wildman–Crippen LogP) is 3.32. The standard InChI is InChI=1S/C21H21Cl2FN4O3/c22-20(23)21(30)27-17(9-24)19(29)16-7-5-15(6-8-16)14-3-1-13(2-4-14)10-25-11-18-26-12-31-28-18/h1-8,12,17,19-20,25,29H,9-11H2,(H,27,30)/t17-,19-/m1/s1. The van der Waals surface area contributed by atoms with Gasteiger partial charge in [0.05, 0.1) is 12.6 Å². The van der Waals surface area contributed by atoms with E-state index in [0.29, 0.717) is 24.5 Å². The van der Waals surface area contributed by atoms with Crippen LogP contribution in [0.3, 0.4) is 0 Å². The van der Waals surface area contributed by atoms with Gasteiger partial charge in [-0.25, -0.2) is 4.39 Å². The Morgan fingerprint density at radius 3 is 2.26 bits per heavy atom. The third-order valence-corrected chi connectivity index (χ3v) is 5.03. The zero-order chi connectivity index (χ0) is 22.2. The molecule has 10 heteroatoms. The SMILES string of the molecule is O=C(N[C@H](CF)[C@H](O)c1ccc(-c2ccc(CNCc3ncon3)cc2)cc1)C(Cl)Cl. The van der Waals surface area contributed by atoms with Gasteiger partial charge in [0, 0.05) is 6.54 Å². The maximum absolute atomic E-state index is 13.3. The quantitative estimate of drug-likeness (QED) is 0.396. The molecule has 0 aliphatic heterocycles. The van der Waals surface area contributed by atoms with Gasteiger partial charge < -0.3 is 20.3 Å². The number of amides is 1. The number of nitrogens with zero attached hydrogens (tertiary/aromatic N) is 2. The lowest BCUT2D eigenvalue weighted by Gasteiger charge is -2.22. The van der Waals surface area contributed by atoms with Crippen molar-refractivity contribution in [1.29, 1.82) is 0 Å². The molecule has 31 heavy (non-hydrogen) atoms. The second kappa shape index (κ2) is 11.2. The second-order valence-electron chi connectivity index (χ2n) is 6.78. The minimum Gasteiger partial charge on any atom is -0.386 e. The Balaban J connectivity index is 1.59. The van der Waals surface area contributed by atoms with E-state index in [0.717, 1.165) is 16.7 Å². The molecular formula is C21H21Cl2FN4O3. The number of hydrogen-bond acceptors (Lipinski definition) is 6. The Morgan fingerprint density at radius 2 is 1.71 bits per heavy atom. The van der Waals surface area contributed by atoms with Crippen molar-refractivity contribution in [1.82, 2.24) is 20.8 Å². The minimum atomic E-state index is -1.33. The summed E-state index contributed by atoms with van der Waals surface area (Å²) in [5, 5.41) is 19.7. The van der Waals surface area contributed by atoms with E-state index in [9.17, 15) is 14.3 Å². The Bertz CT molecular complexity index is 954. The molecule has 0 fully saturated rings. The molecule has 0 saturated heterocycles. The summed E-state index contributed by atoms with van der Waals surface area (Å²) in [6, 6.07) is 13.9. The summed E-state index contributed by atoms with van der Waals surface area (Å²) in [5.74, 6) is -0.160. The number of hydrogen-bond donors (Lipinski definition) is 3. The molecule has 7 nitrogen and oxygen atoms in total. The first-order chi connectivity index (χ1) is 15.0. The van der Waals surface area contributed by atoms with Gasteiger partial charge >= 0.3 is 0 Å². The third-order valence-electron chi connectivity index (χ3n) is 4.63. The van der Waals surface area contributed by atoms with E-state index < -0.39 is 29.6 Å². The molecule has 0 radical (unpaired) electrons. The molecule has 1 heterocycles. The summed E-state index contributed by atoms with van der Waals surface area (Å²) in [6.45, 7) is 0.206. The number of aliphatic hydroxyl groups is 1. The summed E-state index contributed by atoms with van der Waals surface area (Å²) in [4.78, 5) is 14.2. The van der Waals surface area contributed by atoms with Crippen molar-refractivity contribution in [3.05, 3.63) is 71.9 Å². The van der Waals surface area contributed by atoms with Crippen LogP contribution in [0.15, 0.2) is 59.4 Å². The van der Waals surface area contributed by atoms with Crippen LogP contribution in [0.5, 0.6) is 0 Å². The first-order valence-corrected chi connectivity index (χ1v) is 10.3. The maximum atomic E-state index is 13.3. The molecular weight excluding hydrogens is 446 g/mol. The number of halogens is 3. The fraction of sp³-hybridized carbons (Fsp3) is 0.286. The van der Waals surface area contributed by atoms with Crippen molar-refractivity contribution in [2.45, 2.75) is 30.1 Å². The van der Waals surface area contributed by atoms with Crippen LogP contribution in [0, 0.1) is 0 Å². The highest BCUT2D eigenvalue weighted by atomic mass is 35.5. The van der Waals surface area contributed by atoms with Gasteiger partial charge in [0.25, 0.3) is 5.91 Å². The number of aromatic nitrogens is 2. The van der Waals surface area contributed by atoms with Gasteiger partial charge in [-0.1, -0.05) is 76.9 Å². The predicted molar refractivity (Wildman–Crippen MR) is 115 cm³/mol. The zero-order valence-electron chi connectivity index (χ0n) is 16.3. The summed E-state index contributed by atoms with van der Waals surface area (Å²) >= 11 is 10.9. The fourth-order valence-electron chi connectivity index (χ4n) is 2.96. The molecule has 0 aliphatic rings. The normalized spacial score (nSPS) is 13.2. The average molecular weight is 467 g/mol. The first kappa shape index (κ1) is 23.1. The largest absolute Gasteiger partial charge is 0.386 e.